The van der Waals surface area contributed by atoms with Crippen molar-refractivity contribution in [2.75, 3.05) is 39.3 Å². The number of carbonyl (C=O) groups excluding carboxylic acids is 2. The van der Waals surface area contributed by atoms with Crippen molar-refractivity contribution in [3.05, 3.63) is 0 Å². The summed E-state index contributed by atoms with van der Waals surface area (Å²) in [6.07, 6.45) is 2.05. The van der Waals surface area contributed by atoms with E-state index < -0.39 is 0 Å². The molecule has 0 unspecified atom stereocenters. The Labute approximate surface area is 102 Å². The van der Waals surface area contributed by atoms with E-state index in [2.05, 4.69) is 10.1 Å². The third-order valence-corrected chi connectivity index (χ3v) is 2.33. The van der Waals surface area contributed by atoms with Gasteiger partial charge in [0.25, 0.3) is 6.47 Å². The molecule has 3 N–H and O–H groups in total. The molecule has 0 aromatic heterocycles. The first-order chi connectivity index (χ1) is 8.26. The molecule has 100 valence electrons. The summed E-state index contributed by atoms with van der Waals surface area (Å²) in [7, 11) is 0. The van der Waals surface area contributed by atoms with Crippen molar-refractivity contribution in [2.45, 2.75) is 19.8 Å². The predicted molar refractivity (Wildman–Crippen MR) is 65.4 cm³/mol. The van der Waals surface area contributed by atoms with Gasteiger partial charge in [-0.05, 0) is 6.42 Å². The Kier molecular flexibility index (Phi) is 10.6. The summed E-state index contributed by atoms with van der Waals surface area (Å²) >= 11 is 0. The minimum Gasteiger partial charge on any atom is -0.468 e. The third kappa shape index (κ3) is 8.65. The van der Waals surface area contributed by atoms with Gasteiger partial charge in [-0.1, -0.05) is 13.3 Å². The van der Waals surface area contributed by atoms with Crippen LogP contribution in [0.5, 0.6) is 0 Å². The molecule has 0 atom stereocenters. The van der Waals surface area contributed by atoms with Gasteiger partial charge in [-0.15, -0.1) is 0 Å². The van der Waals surface area contributed by atoms with E-state index in [1.165, 1.54) is 0 Å². The molecule has 0 aliphatic carbocycles. The molecule has 0 radical (unpaired) electrons. The molecule has 1 aliphatic heterocycles. The number of unbranched alkanes of at least 4 members (excludes halogenated alkanes) is 1. The number of hydrogen-bond acceptors (Lipinski definition) is 5. The average Bonchev–Trinajstić information content (AvgIpc) is 2.40. The maximum atomic E-state index is 10.9. The molecule has 0 aromatic carbocycles. The molecular weight excluding hydrogens is 222 g/mol. The van der Waals surface area contributed by atoms with Crippen LogP contribution >= 0.6 is 0 Å². The Balaban J connectivity index is 0.000000325. The Bertz CT molecular complexity index is 206. The minimum absolute atomic E-state index is 0.0569. The smallest absolute Gasteiger partial charge is 0.293 e. The number of carbonyl (C=O) groups is 2. The lowest BCUT2D eigenvalue weighted by molar-refractivity contribution is -0.130. The van der Waals surface area contributed by atoms with Gasteiger partial charge in [0.1, 0.15) is 0 Å². The van der Waals surface area contributed by atoms with Crippen molar-refractivity contribution >= 4 is 12.4 Å². The molecule has 1 saturated heterocycles. The van der Waals surface area contributed by atoms with Crippen LogP contribution in [0.25, 0.3) is 0 Å². The van der Waals surface area contributed by atoms with Crippen molar-refractivity contribution in [2.24, 2.45) is 5.73 Å². The zero-order valence-electron chi connectivity index (χ0n) is 10.5. The monoisotopic (exact) mass is 245 g/mol. The van der Waals surface area contributed by atoms with Crippen LogP contribution in [0.1, 0.15) is 19.8 Å². The van der Waals surface area contributed by atoms with E-state index in [1.54, 1.807) is 4.90 Å². The topological polar surface area (TPSA) is 84.7 Å². The molecule has 1 fully saturated rings. The second-order valence-corrected chi connectivity index (χ2v) is 3.66. The summed E-state index contributed by atoms with van der Waals surface area (Å²) < 4.78 is 4.39. The number of rotatable bonds is 5. The maximum Gasteiger partial charge on any atom is 0.293 e. The van der Waals surface area contributed by atoms with Crippen molar-refractivity contribution in [1.29, 1.82) is 0 Å². The number of nitrogens with zero attached hydrogens (tertiary/aromatic N) is 1. The predicted octanol–water partition coefficient (Wildman–Crippen LogP) is -0.664. The van der Waals surface area contributed by atoms with E-state index in [0.717, 1.165) is 39.0 Å². The van der Waals surface area contributed by atoms with E-state index in [9.17, 15) is 9.59 Å². The van der Waals surface area contributed by atoms with Crippen LogP contribution < -0.4 is 11.1 Å². The molecule has 0 saturated carbocycles. The SMILES string of the molecule is CCCCOC=O.NCC(=O)N1CCNCC1. The lowest BCUT2D eigenvalue weighted by atomic mass is 10.3. The van der Waals surface area contributed by atoms with Gasteiger partial charge in [-0.3, -0.25) is 9.59 Å². The summed E-state index contributed by atoms with van der Waals surface area (Å²) in [6, 6.07) is 0. The normalized spacial score (nSPS) is 14.6. The molecule has 0 spiro atoms. The van der Waals surface area contributed by atoms with E-state index >= 15 is 0 Å². The lowest BCUT2D eigenvalue weighted by Gasteiger charge is -2.26. The fourth-order valence-electron chi connectivity index (χ4n) is 1.32. The first-order valence-electron chi connectivity index (χ1n) is 6.00. The zero-order valence-corrected chi connectivity index (χ0v) is 10.5. The number of amides is 1. The molecular formula is C11H23N3O3. The van der Waals surface area contributed by atoms with Crippen LogP contribution in [0, 0.1) is 0 Å². The number of piperazine rings is 1. The molecule has 1 rings (SSSR count). The van der Waals surface area contributed by atoms with Gasteiger partial charge in [0.2, 0.25) is 5.91 Å². The van der Waals surface area contributed by atoms with Crippen LogP contribution in [0.2, 0.25) is 0 Å². The lowest BCUT2D eigenvalue weighted by Crippen LogP contribution is -2.48. The quantitative estimate of drug-likeness (QED) is 0.496. The summed E-state index contributed by atoms with van der Waals surface area (Å²) in [4.78, 5) is 22.2. The highest BCUT2D eigenvalue weighted by atomic mass is 16.5. The van der Waals surface area contributed by atoms with Crippen molar-refractivity contribution in [3.8, 4) is 0 Å². The van der Waals surface area contributed by atoms with Crippen LogP contribution in [0.3, 0.4) is 0 Å². The minimum atomic E-state index is 0.0569. The summed E-state index contributed by atoms with van der Waals surface area (Å²) in [5.41, 5.74) is 5.19. The van der Waals surface area contributed by atoms with E-state index in [-0.39, 0.29) is 12.5 Å². The first kappa shape index (κ1) is 15.9. The summed E-state index contributed by atoms with van der Waals surface area (Å²) in [6.45, 7) is 6.63. The summed E-state index contributed by atoms with van der Waals surface area (Å²) in [5.74, 6) is 0.0569. The fourth-order valence-corrected chi connectivity index (χ4v) is 1.32. The third-order valence-electron chi connectivity index (χ3n) is 2.33. The van der Waals surface area contributed by atoms with Crippen LogP contribution in [-0.2, 0) is 14.3 Å². The fraction of sp³-hybridized carbons (Fsp3) is 0.818. The van der Waals surface area contributed by atoms with Gasteiger partial charge in [-0.2, -0.15) is 0 Å². The van der Waals surface area contributed by atoms with E-state index in [1.807, 2.05) is 6.92 Å². The van der Waals surface area contributed by atoms with E-state index in [0.29, 0.717) is 13.1 Å². The maximum absolute atomic E-state index is 10.9. The number of hydrogen-bond donors (Lipinski definition) is 2. The van der Waals surface area contributed by atoms with Gasteiger partial charge >= 0.3 is 0 Å². The molecule has 6 nitrogen and oxygen atoms in total. The Hall–Kier alpha value is -1.14. The largest absolute Gasteiger partial charge is 0.468 e. The highest BCUT2D eigenvalue weighted by Crippen LogP contribution is 1.90. The van der Waals surface area contributed by atoms with Gasteiger partial charge in [0.05, 0.1) is 13.2 Å². The Morgan fingerprint density at radius 1 is 1.47 bits per heavy atom. The van der Waals surface area contributed by atoms with Gasteiger partial charge < -0.3 is 20.7 Å². The van der Waals surface area contributed by atoms with Gasteiger partial charge in [-0.25, -0.2) is 0 Å². The number of nitrogens with two attached hydrogens (primary N) is 1. The molecule has 6 heteroatoms. The van der Waals surface area contributed by atoms with Gasteiger partial charge in [0.15, 0.2) is 0 Å². The number of nitrogens with one attached hydrogen (secondary N) is 1. The van der Waals surface area contributed by atoms with Crippen molar-refractivity contribution in [1.82, 2.24) is 10.2 Å². The van der Waals surface area contributed by atoms with Gasteiger partial charge in [0, 0.05) is 26.2 Å². The molecule has 17 heavy (non-hydrogen) atoms. The summed E-state index contributed by atoms with van der Waals surface area (Å²) in [5, 5.41) is 3.16. The molecule has 0 bridgehead atoms. The molecule has 0 aromatic rings. The van der Waals surface area contributed by atoms with E-state index in [4.69, 9.17) is 5.73 Å². The first-order valence-corrected chi connectivity index (χ1v) is 6.00. The Morgan fingerprint density at radius 2 is 2.12 bits per heavy atom. The second-order valence-electron chi connectivity index (χ2n) is 3.66. The van der Waals surface area contributed by atoms with Crippen molar-refractivity contribution < 1.29 is 14.3 Å². The molecule has 1 heterocycles. The Morgan fingerprint density at radius 3 is 2.59 bits per heavy atom. The second kappa shape index (κ2) is 11.3. The highest BCUT2D eigenvalue weighted by molar-refractivity contribution is 5.78. The standard InChI is InChI=1S/C6H13N3O.C5H10O2/c7-5-6(10)9-3-1-8-2-4-9;1-2-3-4-7-5-6/h8H,1-5,7H2;5H,2-4H2,1H3. The molecule has 1 aliphatic rings. The molecule has 1 amide bonds. The zero-order chi connectivity index (χ0) is 12.9. The number of ether oxygens (including phenoxy) is 1. The van der Waals surface area contributed by atoms with Crippen LogP contribution in [0.15, 0.2) is 0 Å². The van der Waals surface area contributed by atoms with Crippen molar-refractivity contribution in [3.63, 3.8) is 0 Å². The highest BCUT2D eigenvalue weighted by Gasteiger charge is 2.13. The van der Waals surface area contributed by atoms with Crippen LogP contribution in [-0.4, -0.2) is 56.6 Å². The average molecular weight is 245 g/mol. The van der Waals surface area contributed by atoms with Crippen LogP contribution in [0.4, 0.5) is 0 Å².